The summed E-state index contributed by atoms with van der Waals surface area (Å²) in [5.74, 6) is -0.618. The average molecular weight is 509 g/mol. The predicted molar refractivity (Wildman–Crippen MR) is 147 cm³/mol. The SMILES string of the molecule is CN(Cc1ccccc1)C(=O)c1ccc2c(c1)N(Cc1ccc(F)cc1)C(=O)C(=Cc1ccccc1)S2. The van der Waals surface area contributed by atoms with Crippen LogP contribution in [0.4, 0.5) is 10.1 Å². The normalized spacial score (nSPS) is 13.9. The molecule has 2 amide bonds. The Hall–Kier alpha value is -4.16. The second-order valence-electron chi connectivity index (χ2n) is 8.87. The van der Waals surface area contributed by atoms with E-state index in [2.05, 4.69) is 0 Å². The highest BCUT2D eigenvalue weighted by Crippen LogP contribution is 2.43. The monoisotopic (exact) mass is 508 g/mol. The highest BCUT2D eigenvalue weighted by Gasteiger charge is 2.30. The summed E-state index contributed by atoms with van der Waals surface area (Å²) in [7, 11) is 1.77. The summed E-state index contributed by atoms with van der Waals surface area (Å²) in [4.78, 5) is 31.8. The van der Waals surface area contributed by atoms with Gasteiger partial charge in [-0.25, -0.2) is 4.39 Å². The largest absolute Gasteiger partial charge is 0.337 e. The molecular weight excluding hydrogens is 483 g/mol. The standard InChI is InChI=1S/C31H25FN2O2S/c1-33(20-23-10-6-3-7-11-23)30(35)25-14-17-28-27(19-25)34(21-24-12-15-26(32)16-13-24)31(36)29(37-28)18-22-8-4-2-5-9-22/h2-19H,20-21H2,1H3. The van der Waals surface area contributed by atoms with Crippen LogP contribution in [-0.4, -0.2) is 23.8 Å². The number of benzene rings is 4. The lowest BCUT2D eigenvalue weighted by Crippen LogP contribution is -2.34. The van der Waals surface area contributed by atoms with Crippen molar-refractivity contribution in [2.75, 3.05) is 11.9 Å². The summed E-state index contributed by atoms with van der Waals surface area (Å²) in [6.45, 7) is 0.740. The van der Waals surface area contributed by atoms with E-state index in [9.17, 15) is 14.0 Å². The Morgan fingerprint density at radius 3 is 2.27 bits per heavy atom. The first-order valence-electron chi connectivity index (χ1n) is 11.9. The molecule has 0 bridgehead atoms. The minimum absolute atomic E-state index is 0.128. The molecule has 0 atom stereocenters. The summed E-state index contributed by atoms with van der Waals surface area (Å²) in [5.41, 5.74) is 3.94. The molecule has 0 radical (unpaired) electrons. The van der Waals surface area contributed by atoms with Gasteiger partial charge in [-0.15, -0.1) is 0 Å². The van der Waals surface area contributed by atoms with E-state index in [4.69, 9.17) is 0 Å². The lowest BCUT2D eigenvalue weighted by atomic mass is 10.1. The van der Waals surface area contributed by atoms with Crippen molar-refractivity contribution in [3.63, 3.8) is 0 Å². The molecule has 0 spiro atoms. The zero-order valence-corrected chi connectivity index (χ0v) is 21.1. The van der Waals surface area contributed by atoms with Crippen molar-refractivity contribution in [3.05, 3.63) is 136 Å². The average Bonchev–Trinajstić information content (AvgIpc) is 2.92. The molecule has 5 rings (SSSR count). The van der Waals surface area contributed by atoms with Crippen LogP contribution in [0.5, 0.6) is 0 Å². The fourth-order valence-electron chi connectivity index (χ4n) is 4.22. The molecule has 184 valence electrons. The van der Waals surface area contributed by atoms with Crippen LogP contribution in [0, 0.1) is 5.82 Å². The minimum Gasteiger partial charge on any atom is -0.337 e. The van der Waals surface area contributed by atoms with Gasteiger partial charge in [0.25, 0.3) is 11.8 Å². The highest BCUT2D eigenvalue weighted by atomic mass is 32.2. The molecule has 0 N–H and O–H groups in total. The van der Waals surface area contributed by atoms with Crippen LogP contribution in [0.3, 0.4) is 0 Å². The molecule has 0 unspecified atom stereocenters. The number of rotatable bonds is 6. The van der Waals surface area contributed by atoms with Crippen LogP contribution in [0.15, 0.2) is 113 Å². The molecule has 0 saturated carbocycles. The molecule has 1 heterocycles. The van der Waals surface area contributed by atoms with Crippen molar-refractivity contribution in [2.24, 2.45) is 0 Å². The number of carbonyl (C=O) groups is 2. The van der Waals surface area contributed by atoms with Gasteiger partial charge < -0.3 is 9.80 Å². The van der Waals surface area contributed by atoms with E-state index in [0.29, 0.717) is 22.7 Å². The number of fused-ring (bicyclic) bond motifs is 1. The first-order chi connectivity index (χ1) is 18.0. The van der Waals surface area contributed by atoms with E-state index < -0.39 is 0 Å². The van der Waals surface area contributed by atoms with Crippen LogP contribution in [0.2, 0.25) is 0 Å². The van der Waals surface area contributed by atoms with Gasteiger partial charge >= 0.3 is 0 Å². The van der Waals surface area contributed by atoms with Gasteiger partial charge in [0, 0.05) is 24.1 Å². The third kappa shape index (κ3) is 5.65. The van der Waals surface area contributed by atoms with E-state index in [-0.39, 0.29) is 24.2 Å². The van der Waals surface area contributed by atoms with Crippen molar-refractivity contribution in [1.29, 1.82) is 0 Å². The number of amides is 2. The smallest absolute Gasteiger partial charge is 0.265 e. The fraction of sp³-hybridized carbons (Fsp3) is 0.0968. The van der Waals surface area contributed by atoms with Crippen LogP contribution < -0.4 is 4.90 Å². The number of hydrogen-bond acceptors (Lipinski definition) is 3. The first-order valence-corrected chi connectivity index (χ1v) is 12.7. The van der Waals surface area contributed by atoms with E-state index >= 15 is 0 Å². The molecule has 0 saturated heterocycles. The van der Waals surface area contributed by atoms with Crippen LogP contribution in [-0.2, 0) is 17.9 Å². The molecule has 4 aromatic rings. The van der Waals surface area contributed by atoms with Gasteiger partial charge in [-0.2, -0.15) is 0 Å². The van der Waals surface area contributed by atoms with Gasteiger partial charge in [0.15, 0.2) is 0 Å². The molecule has 4 nitrogen and oxygen atoms in total. The zero-order valence-electron chi connectivity index (χ0n) is 20.3. The summed E-state index contributed by atoms with van der Waals surface area (Å²) >= 11 is 1.39. The lowest BCUT2D eigenvalue weighted by Gasteiger charge is -2.31. The number of carbonyl (C=O) groups excluding carboxylic acids is 2. The quantitative estimate of drug-likeness (QED) is 0.270. The third-order valence-electron chi connectivity index (χ3n) is 6.13. The lowest BCUT2D eigenvalue weighted by molar-refractivity contribution is -0.114. The summed E-state index contributed by atoms with van der Waals surface area (Å²) in [6.07, 6.45) is 1.88. The number of thioether (sulfide) groups is 1. The number of anilines is 1. The number of halogens is 1. The molecule has 1 aliphatic rings. The summed E-state index contributed by atoms with van der Waals surface area (Å²) in [5, 5.41) is 0. The molecule has 0 fully saturated rings. The number of nitrogens with zero attached hydrogens (tertiary/aromatic N) is 2. The maximum atomic E-state index is 13.7. The highest BCUT2D eigenvalue weighted by molar-refractivity contribution is 8.04. The summed E-state index contributed by atoms with van der Waals surface area (Å²) in [6, 6.07) is 31.1. The zero-order chi connectivity index (χ0) is 25.8. The van der Waals surface area contributed by atoms with Crippen molar-refractivity contribution >= 4 is 35.3 Å². The van der Waals surface area contributed by atoms with E-state index in [0.717, 1.165) is 21.6 Å². The molecular formula is C31H25FN2O2S. The van der Waals surface area contributed by atoms with Gasteiger partial charge in [0.05, 0.1) is 17.1 Å². The van der Waals surface area contributed by atoms with Crippen molar-refractivity contribution in [3.8, 4) is 0 Å². The Labute approximate surface area is 220 Å². The van der Waals surface area contributed by atoms with Gasteiger partial charge in [0.1, 0.15) is 5.82 Å². The molecule has 0 aromatic heterocycles. The molecule has 6 heteroatoms. The van der Waals surface area contributed by atoms with Crippen molar-refractivity contribution in [2.45, 2.75) is 18.0 Å². The molecule has 1 aliphatic heterocycles. The number of hydrogen-bond donors (Lipinski definition) is 0. The predicted octanol–water partition coefficient (Wildman–Crippen LogP) is 6.78. The molecule has 37 heavy (non-hydrogen) atoms. The van der Waals surface area contributed by atoms with Gasteiger partial charge in [0.2, 0.25) is 0 Å². The Bertz CT molecular complexity index is 1450. The van der Waals surface area contributed by atoms with E-state index in [1.54, 1.807) is 35.0 Å². The van der Waals surface area contributed by atoms with Gasteiger partial charge in [-0.05, 0) is 53.1 Å². The Balaban J connectivity index is 1.49. The molecule has 0 aliphatic carbocycles. The van der Waals surface area contributed by atoms with E-state index in [1.165, 1.54) is 23.9 Å². The maximum absolute atomic E-state index is 13.7. The Morgan fingerprint density at radius 1 is 0.892 bits per heavy atom. The summed E-state index contributed by atoms with van der Waals surface area (Å²) < 4.78 is 13.5. The maximum Gasteiger partial charge on any atom is 0.265 e. The fourth-order valence-corrected chi connectivity index (χ4v) is 5.26. The Morgan fingerprint density at radius 2 is 1.57 bits per heavy atom. The topological polar surface area (TPSA) is 40.6 Å². The van der Waals surface area contributed by atoms with Crippen LogP contribution in [0.1, 0.15) is 27.0 Å². The third-order valence-corrected chi connectivity index (χ3v) is 7.21. The molecule has 4 aromatic carbocycles. The minimum atomic E-state index is -0.330. The van der Waals surface area contributed by atoms with E-state index in [1.807, 2.05) is 78.9 Å². The first kappa shape index (κ1) is 24.5. The van der Waals surface area contributed by atoms with Gasteiger partial charge in [-0.3, -0.25) is 9.59 Å². The van der Waals surface area contributed by atoms with Crippen molar-refractivity contribution in [1.82, 2.24) is 4.90 Å². The van der Waals surface area contributed by atoms with Crippen LogP contribution >= 0.6 is 11.8 Å². The second-order valence-corrected chi connectivity index (χ2v) is 9.95. The van der Waals surface area contributed by atoms with Crippen LogP contribution in [0.25, 0.3) is 6.08 Å². The van der Waals surface area contributed by atoms with Crippen molar-refractivity contribution < 1.29 is 14.0 Å². The second kappa shape index (κ2) is 10.8. The van der Waals surface area contributed by atoms with Gasteiger partial charge in [-0.1, -0.05) is 84.6 Å². The Kier molecular flexibility index (Phi) is 7.19.